The zero-order valence-corrected chi connectivity index (χ0v) is 25.5. The van der Waals surface area contributed by atoms with Gasteiger partial charge in [-0.1, -0.05) is 37.6 Å². The molecular formula is C29H37N7O5S2. The fourth-order valence-corrected chi connectivity index (χ4v) is 5.90. The van der Waals surface area contributed by atoms with E-state index in [1.54, 1.807) is 30.3 Å². The van der Waals surface area contributed by atoms with E-state index in [2.05, 4.69) is 22.5 Å². The third-order valence-corrected chi connectivity index (χ3v) is 9.05. The highest BCUT2D eigenvalue weighted by atomic mass is 32.2. The van der Waals surface area contributed by atoms with Gasteiger partial charge in [0.25, 0.3) is 0 Å². The summed E-state index contributed by atoms with van der Waals surface area (Å²) in [4.78, 5) is 17.3. The monoisotopic (exact) mass is 627 g/mol. The molecule has 4 rings (SSSR count). The lowest BCUT2D eigenvalue weighted by Crippen LogP contribution is -2.48. The standard InChI is InChI=1S/C29H37N7O5S2/c1-2-3-13-35-14-16-36(17-15-35)28(30)22-5-4-6-24(19-22)33-29(37)34-27-12-11-26(43(32,40)41)20-23(27)18-21-7-9-25(10-8-21)42(31,38)39/h4-12,19-20,30H,2-3,13-18H2,1H3,(H2,31,38,39)(H2,32,40,41)(H2,33,34,37). The number of amidine groups is 1. The second kappa shape index (κ2) is 13.7. The van der Waals surface area contributed by atoms with E-state index in [0.717, 1.165) is 39.1 Å². The van der Waals surface area contributed by atoms with Gasteiger partial charge < -0.3 is 15.5 Å². The van der Waals surface area contributed by atoms with Crippen molar-refractivity contribution in [3.63, 3.8) is 0 Å². The van der Waals surface area contributed by atoms with Gasteiger partial charge in [0.05, 0.1) is 9.79 Å². The first-order valence-electron chi connectivity index (χ1n) is 13.9. The lowest BCUT2D eigenvalue weighted by Gasteiger charge is -2.36. The Morgan fingerprint density at radius 1 is 0.860 bits per heavy atom. The second-order valence-electron chi connectivity index (χ2n) is 10.4. The van der Waals surface area contributed by atoms with Crippen LogP contribution in [0.15, 0.2) is 76.5 Å². The number of anilines is 2. The number of rotatable bonds is 10. The predicted molar refractivity (Wildman–Crippen MR) is 167 cm³/mol. The molecular weight excluding hydrogens is 590 g/mol. The van der Waals surface area contributed by atoms with Crippen molar-refractivity contribution in [1.29, 1.82) is 5.41 Å². The number of piperazine rings is 1. The van der Waals surface area contributed by atoms with Gasteiger partial charge in [-0.3, -0.25) is 10.3 Å². The summed E-state index contributed by atoms with van der Waals surface area (Å²) in [6, 6.07) is 16.4. The first kappa shape index (κ1) is 32.1. The number of benzene rings is 3. The van der Waals surface area contributed by atoms with E-state index in [9.17, 15) is 21.6 Å². The van der Waals surface area contributed by atoms with E-state index in [4.69, 9.17) is 15.7 Å². The van der Waals surface area contributed by atoms with Crippen molar-refractivity contribution in [2.24, 2.45) is 10.3 Å². The number of sulfonamides is 2. The van der Waals surface area contributed by atoms with Gasteiger partial charge in [-0.15, -0.1) is 0 Å². The van der Waals surface area contributed by atoms with Crippen molar-refractivity contribution in [1.82, 2.24) is 9.80 Å². The second-order valence-corrected chi connectivity index (χ2v) is 13.5. The van der Waals surface area contributed by atoms with Gasteiger partial charge in [0.2, 0.25) is 20.0 Å². The molecule has 0 aromatic heterocycles. The molecule has 0 spiro atoms. The molecule has 0 atom stereocenters. The number of carbonyl (C=O) groups is 1. The van der Waals surface area contributed by atoms with E-state index in [1.165, 1.54) is 36.8 Å². The van der Waals surface area contributed by atoms with Crippen LogP contribution in [-0.4, -0.2) is 71.2 Å². The van der Waals surface area contributed by atoms with Crippen molar-refractivity contribution in [2.45, 2.75) is 36.0 Å². The Bertz CT molecular complexity index is 1690. The van der Waals surface area contributed by atoms with Crippen molar-refractivity contribution in [3.8, 4) is 0 Å². The molecule has 3 aromatic rings. The quantitative estimate of drug-likeness (QED) is 0.168. The van der Waals surface area contributed by atoms with Crippen molar-refractivity contribution in [3.05, 3.63) is 83.4 Å². The SMILES string of the molecule is CCCCN1CCN(C(=N)c2cccc(NC(=O)Nc3ccc(S(N)(=O)=O)cc3Cc3ccc(S(N)(=O)=O)cc3)c2)CC1. The molecule has 14 heteroatoms. The number of primary sulfonamides is 2. The molecule has 12 nitrogen and oxygen atoms in total. The Hall–Kier alpha value is -3.82. The van der Waals surface area contributed by atoms with Crippen LogP contribution in [0.25, 0.3) is 0 Å². The van der Waals surface area contributed by atoms with Gasteiger partial charge >= 0.3 is 6.03 Å². The third kappa shape index (κ3) is 8.84. The maximum atomic E-state index is 13.0. The van der Waals surface area contributed by atoms with E-state index in [0.29, 0.717) is 33.9 Å². The number of nitrogens with two attached hydrogens (primary N) is 2. The van der Waals surface area contributed by atoms with Crippen LogP contribution in [0.1, 0.15) is 36.5 Å². The Morgan fingerprint density at radius 2 is 1.51 bits per heavy atom. The molecule has 3 aromatic carbocycles. The molecule has 230 valence electrons. The van der Waals surface area contributed by atoms with Crippen LogP contribution in [0.2, 0.25) is 0 Å². The summed E-state index contributed by atoms with van der Waals surface area (Å²) in [7, 11) is -7.89. The Labute approximate surface area is 252 Å². The average molecular weight is 628 g/mol. The lowest BCUT2D eigenvalue weighted by atomic mass is 10.0. The summed E-state index contributed by atoms with van der Waals surface area (Å²) >= 11 is 0. The third-order valence-electron chi connectivity index (χ3n) is 7.21. The smallest absolute Gasteiger partial charge is 0.323 e. The summed E-state index contributed by atoms with van der Waals surface area (Å²) < 4.78 is 47.2. The van der Waals surface area contributed by atoms with Gasteiger partial charge in [0, 0.05) is 43.1 Å². The summed E-state index contributed by atoms with van der Waals surface area (Å²) in [6.45, 7) is 6.60. The van der Waals surface area contributed by atoms with Gasteiger partial charge in [-0.2, -0.15) is 0 Å². The number of nitrogens with one attached hydrogen (secondary N) is 3. The minimum atomic E-state index is -4.02. The van der Waals surface area contributed by atoms with E-state index >= 15 is 0 Å². The highest BCUT2D eigenvalue weighted by Gasteiger charge is 2.20. The molecule has 1 saturated heterocycles. The molecule has 1 aliphatic heterocycles. The Morgan fingerprint density at radius 3 is 2.14 bits per heavy atom. The zero-order valence-electron chi connectivity index (χ0n) is 23.9. The van der Waals surface area contributed by atoms with Crippen LogP contribution in [-0.2, 0) is 26.5 Å². The topological polar surface area (TPSA) is 192 Å². The normalized spacial score (nSPS) is 14.3. The summed E-state index contributed by atoms with van der Waals surface area (Å²) in [5.41, 5.74) is 2.60. The van der Waals surface area contributed by atoms with Crippen LogP contribution in [0.4, 0.5) is 16.2 Å². The van der Waals surface area contributed by atoms with Crippen LogP contribution >= 0.6 is 0 Å². The average Bonchev–Trinajstić information content (AvgIpc) is 2.96. The molecule has 0 radical (unpaired) electrons. The molecule has 1 heterocycles. The molecule has 1 aliphatic rings. The molecule has 2 amide bonds. The van der Waals surface area contributed by atoms with Gasteiger partial charge in [-0.05, 0) is 73.0 Å². The van der Waals surface area contributed by atoms with Gasteiger partial charge in [0.1, 0.15) is 5.84 Å². The maximum absolute atomic E-state index is 13.0. The molecule has 1 fully saturated rings. The number of urea groups is 1. The zero-order chi connectivity index (χ0) is 31.2. The maximum Gasteiger partial charge on any atom is 0.323 e. The van der Waals surface area contributed by atoms with E-state index in [-0.39, 0.29) is 16.2 Å². The number of unbranched alkanes of at least 4 members (excludes halogenated alkanes) is 1. The molecule has 7 N–H and O–H groups in total. The van der Waals surface area contributed by atoms with Gasteiger partial charge in [-0.25, -0.2) is 31.9 Å². The van der Waals surface area contributed by atoms with Crippen LogP contribution in [0, 0.1) is 5.41 Å². The van der Waals surface area contributed by atoms with Crippen molar-refractivity contribution >= 4 is 43.3 Å². The van der Waals surface area contributed by atoms with E-state index in [1.807, 2.05) is 11.0 Å². The number of carbonyl (C=O) groups excluding carboxylic acids is 1. The fraction of sp³-hybridized carbons (Fsp3) is 0.310. The van der Waals surface area contributed by atoms with E-state index < -0.39 is 26.1 Å². The number of hydrogen-bond acceptors (Lipinski definition) is 7. The number of hydrogen-bond donors (Lipinski definition) is 5. The summed E-state index contributed by atoms with van der Waals surface area (Å²) in [6.07, 6.45) is 2.49. The minimum Gasteiger partial charge on any atom is -0.354 e. The fourth-order valence-electron chi connectivity index (χ4n) is 4.82. The molecule has 0 saturated carbocycles. The van der Waals surface area contributed by atoms with Crippen LogP contribution in [0.5, 0.6) is 0 Å². The molecule has 0 bridgehead atoms. The molecule has 0 aliphatic carbocycles. The highest BCUT2D eigenvalue weighted by molar-refractivity contribution is 7.89. The Balaban J connectivity index is 1.46. The number of amides is 2. The summed E-state index contributed by atoms with van der Waals surface area (Å²) in [5, 5.41) is 24.8. The minimum absolute atomic E-state index is 0.0585. The van der Waals surface area contributed by atoms with Crippen molar-refractivity contribution < 1.29 is 21.6 Å². The van der Waals surface area contributed by atoms with Crippen LogP contribution in [0.3, 0.4) is 0 Å². The van der Waals surface area contributed by atoms with Crippen LogP contribution < -0.4 is 20.9 Å². The number of nitrogens with zero attached hydrogens (tertiary/aromatic N) is 2. The summed E-state index contributed by atoms with van der Waals surface area (Å²) in [5.74, 6) is 0.397. The lowest BCUT2D eigenvalue weighted by molar-refractivity contribution is 0.180. The highest BCUT2D eigenvalue weighted by Crippen LogP contribution is 2.24. The largest absolute Gasteiger partial charge is 0.354 e. The first-order chi connectivity index (χ1) is 20.3. The predicted octanol–water partition coefficient (Wildman–Crippen LogP) is 2.96. The van der Waals surface area contributed by atoms with Gasteiger partial charge in [0.15, 0.2) is 0 Å². The molecule has 43 heavy (non-hydrogen) atoms. The van der Waals surface area contributed by atoms with Crippen molar-refractivity contribution in [2.75, 3.05) is 43.4 Å². The molecule has 0 unspecified atom stereocenters. The first-order valence-corrected chi connectivity index (χ1v) is 16.9. The Kier molecular flexibility index (Phi) is 10.2.